The van der Waals surface area contributed by atoms with Gasteiger partial charge >= 0.3 is 0 Å². The number of aromatic amines is 1. The van der Waals surface area contributed by atoms with E-state index in [1.807, 2.05) is 7.05 Å². The van der Waals surface area contributed by atoms with Gasteiger partial charge in [0.15, 0.2) is 5.82 Å². The molecule has 1 atom stereocenters. The van der Waals surface area contributed by atoms with Gasteiger partial charge in [0.1, 0.15) is 5.69 Å². The van der Waals surface area contributed by atoms with Gasteiger partial charge in [-0.2, -0.15) is 5.10 Å². The average molecular weight is 300 g/mol. The molecule has 1 unspecified atom stereocenters. The molecule has 0 spiro atoms. The van der Waals surface area contributed by atoms with Crippen molar-refractivity contribution in [2.75, 3.05) is 11.9 Å². The minimum absolute atomic E-state index is 0.517. The van der Waals surface area contributed by atoms with Crippen LogP contribution in [0.1, 0.15) is 43.9 Å². The molecule has 0 bridgehead atoms. The van der Waals surface area contributed by atoms with E-state index in [0.29, 0.717) is 6.04 Å². The third-order valence-corrected chi connectivity index (χ3v) is 5.35. The lowest BCUT2D eigenvalue weighted by molar-refractivity contribution is 0.589. The van der Waals surface area contributed by atoms with E-state index in [9.17, 15) is 0 Å². The van der Waals surface area contributed by atoms with E-state index in [0.717, 1.165) is 36.2 Å². The number of aromatic nitrogens is 5. The molecule has 0 aliphatic heterocycles. The van der Waals surface area contributed by atoms with Crippen molar-refractivity contribution in [2.24, 2.45) is 13.0 Å². The van der Waals surface area contributed by atoms with Crippen molar-refractivity contribution >= 4 is 5.95 Å². The number of nitrogens with zero attached hydrogens (tertiary/aromatic N) is 5. The van der Waals surface area contributed by atoms with E-state index in [4.69, 9.17) is 0 Å². The second kappa shape index (κ2) is 5.11. The summed E-state index contributed by atoms with van der Waals surface area (Å²) in [6.45, 7) is 2.28. The molecule has 6 heteroatoms. The van der Waals surface area contributed by atoms with Crippen molar-refractivity contribution in [2.45, 2.75) is 51.5 Å². The largest absolute Gasteiger partial charge is 0.341 e. The lowest BCUT2D eigenvalue weighted by Gasteiger charge is -2.25. The lowest BCUT2D eigenvalue weighted by atomic mass is 9.96. The zero-order valence-electron chi connectivity index (χ0n) is 13.6. The molecule has 0 aromatic carbocycles. The molecule has 2 heterocycles. The number of aryl methyl sites for hydroxylation is 1. The minimum Gasteiger partial charge on any atom is -0.341 e. The first-order valence-electron chi connectivity index (χ1n) is 8.35. The van der Waals surface area contributed by atoms with E-state index in [1.54, 1.807) is 0 Å². The van der Waals surface area contributed by atoms with Crippen LogP contribution in [0.4, 0.5) is 5.95 Å². The summed E-state index contributed by atoms with van der Waals surface area (Å²) in [4.78, 5) is 2.26. The molecule has 22 heavy (non-hydrogen) atoms. The molecule has 2 aliphatic carbocycles. The molecule has 0 amide bonds. The Morgan fingerprint density at radius 2 is 2.00 bits per heavy atom. The summed E-state index contributed by atoms with van der Waals surface area (Å²) in [5.74, 6) is 2.62. The first kappa shape index (κ1) is 13.8. The molecule has 2 aromatic rings. The average Bonchev–Trinajstić information content (AvgIpc) is 3.20. The number of rotatable bonds is 4. The highest BCUT2D eigenvalue weighted by Gasteiger charge is 2.32. The summed E-state index contributed by atoms with van der Waals surface area (Å²) in [5.41, 5.74) is 3.61. The van der Waals surface area contributed by atoms with Crippen molar-refractivity contribution in [1.29, 1.82) is 0 Å². The van der Waals surface area contributed by atoms with E-state index in [-0.39, 0.29) is 0 Å². The van der Waals surface area contributed by atoms with Crippen LogP contribution in [-0.2, 0) is 19.9 Å². The summed E-state index contributed by atoms with van der Waals surface area (Å²) >= 11 is 0. The molecule has 2 aromatic heterocycles. The van der Waals surface area contributed by atoms with Crippen LogP contribution < -0.4 is 4.90 Å². The molecular formula is C16H24N6. The van der Waals surface area contributed by atoms with Gasteiger partial charge in [-0.3, -0.25) is 9.67 Å². The molecule has 2 aliphatic rings. The fourth-order valence-electron chi connectivity index (χ4n) is 3.58. The fourth-order valence-corrected chi connectivity index (χ4v) is 3.58. The third kappa shape index (κ3) is 2.12. The number of H-pyrrole nitrogens is 1. The van der Waals surface area contributed by atoms with Crippen molar-refractivity contribution < 1.29 is 0 Å². The van der Waals surface area contributed by atoms with Crippen molar-refractivity contribution in [1.82, 2.24) is 25.0 Å². The zero-order valence-corrected chi connectivity index (χ0v) is 13.6. The van der Waals surface area contributed by atoms with Crippen molar-refractivity contribution in [3.8, 4) is 11.5 Å². The normalized spacial score (nSPS) is 19.0. The molecule has 0 radical (unpaired) electrons. The SMILES string of the molecule is CC(C1CC1)N(C)c1nnc(-c2n[nH]c3c2CCCC3)n1C. The van der Waals surface area contributed by atoms with Gasteiger partial charge in [0, 0.05) is 31.4 Å². The van der Waals surface area contributed by atoms with Crippen LogP contribution in [0.2, 0.25) is 0 Å². The van der Waals surface area contributed by atoms with Gasteiger partial charge in [-0.25, -0.2) is 0 Å². The Hall–Kier alpha value is -1.85. The van der Waals surface area contributed by atoms with Crippen molar-refractivity contribution in [3.63, 3.8) is 0 Å². The number of fused-ring (bicyclic) bond motifs is 1. The Morgan fingerprint density at radius 1 is 1.23 bits per heavy atom. The van der Waals surface area contributed by atoms with Crippen LogP contribution >= 0.6 is 0 Å². The van der Waals surface area contributed by atoms with Crippen LogP contribution in [0.25, 0.3) is 11.5 Å². The topological polar surface area (TPSA) is 62.6 Å². The first-order valence-corrected chi connectivity index (χ1v) is 8.35. The Morgan fingerprint density at radius 3 is 2.77 bits per heavy atom. The van der Waals surface area contributed by atoms with E-state index in [2.05, 4.69) is 43.8 Å². The number of hydrogen-bond acceptors (Lipinski definition) is 4. The highest BCUT2D eigenvalue weighted by Crippen LogP contribution is 2.36. The molecule has 118 valence electrons. The number of anilines is 1. The Kier molecular flexibility index (Phi) is 3.20. The number of nitrogens with one attached hydrogen (secondary N) is 1. The molecule has 4 rings (SSSR count). The van der Waals surface area contributed by atoms with Crippen LogP contribution in [0.5, 0.6) is 0 Å². The maximum Gasteiger partial charge on any atom is 0.227 e. The summed E-state index contributed by atoms with van der Waals surface area (Å²) in [7, 11) is 4.17. The lowest BCUT2D eigenvalue weighted by Crippen LogP contribution is -2.32. The number of hydrogen-bond donors (Lipinski definition) is 1. The Balaban J connectivity index is 1.67. The van der Waals surface area contributed by atoms with E-state index >= 15 is 0 Å². The van der Waals surface area contributed by atoms with E-state index < -0.39 is 0 Å². The maximum atomic E-state index is 4.53. The van der Waals surface area contributed by atoms with Crippen LogP contribution in [0.15, 0.2) is 0 Å². The Labute approximate surface area is 130 Å². The van der Waals surface area contributed by atoms with Gasteiger partial charge in [-0.05, 0) is 51.4 Å². The molecule has 6 nitrogen and oxygen atoms in total. The summed E-state index contributed by atoms with van der Waals surface area (Å²) in [6, 6.07) is 0.517. The molecule has 1 saturated carbocycles. The minimum atomic E-state index is 0.517. The summed E-state index contributed by atoms with van der Waals surface area (Å²) < 4.78 is 2.09. The first-order chi connectivity index (χ1) is 10.7. The quantitative estimate of drug-likeness (QED) is 0.941. The van der Waals surface area contributed by atoms with Gasteiger partial charge in [0.25, 0.3) is 0 Å². The zero-order chi connectivity index (χ0) is 15.3. The molecular weight excluding hydrogens is 276 g/mol. The van der Waals surface area contributed by atoms with Crippen molar-refractivity contribution in [3.05, 3.63) is 11.3 Å². The molecule has 1 N–H and O–H groups in total. The van der Waals surface area contributed by atoms with Gasteiger partial charge in [-0.1, -0.05) is 0 Å². The smallest absolute Gasteiger partial charge is 0.227 e. The Bertz CT molecular complexity index is 681. The predicted molar refractivity (Wildman–Crippen MR) is 85.8 cm³/mol. The van der Waals surface area contributed by atoms with Gasteiger partial charge in [-0.15, -0.1) is 10.2 Å². The van der Waals surface area contributed by atoms with Gasteiger partial charge < -0.3 is 4.90 Å². The molecule has 1 fully saturated rings. The summed E-state index contributed by atoms with van der Waals surface area (Å²) in [6.07, 6.45) is 7.36. The highest BCUT2D eigenvalue weighted by atomic mass is 15.4. The second-order valence-electron chi connectivity index (χ2n) is 6.81. The maximum absolute atomic E-state index is 4.53. The second-order valence-corrected chi connectivity index (χ2v) is 6.81. The standard InChI is InChI=1S/C16H24N6/c1-10(11-8-9-11)21(2)16-20-19-15(22(16)3)14-12-6-4-5-7-13(12)17-18-14/h10-11H,4-9H2,1-3H3,(H,17,18). The highest BCUT2D eigenvalue weighted by molar-refractivity contribution is 5.59. The van der Waals surface area contributed by atoms with Crippen LogP contribution in [0.3, 0.4) is 0 Å². The predicted octanol–water partition coefficient (Wildman–Crippen LogP) is 2.32. The van der Waals surface area contributed by atoms with E-state index in [1.165, 1.54) is 36.9 Å². The summed E-state index contributed by atoms with van der Waals surface area (Å²) in [5, 5.41) is 16.6. The van der Waals surface area contributed by atoms with Gasteiger partial charge in [0.05, 0.1) is 0 Å². The monoisotopic (exact) mass is 300 g/mol. The fraction of sp³-hybridized carbons (Fsp3) is 0.688. The van der Waals surface area contributed by atoms with Crippen LogP contribution in [-0.4, -0.2) is 38.1 Å². The molecule has 0 saturated heterocycles. The third-order valence-electron chi connectivity index (χ3n) is 5.35. The van der Waals surface area contributed by atoms with Gasteiger partial charge in [0.2, 0.25) is 5.95 Å². The van der Waals surface area contributed by atoms with Crippen LogP contribution in [0, 0.1) is 5.92 Å².